The normalized spacial score (nSPS) is 15.8. The lowest BCUT2D eigenvalue weighted by atomic mass is 9.98. The Morgan fingerprint density at radius 1 is 1.04 bits per heavy atom. The van der Waals surface area contributed by atoms with Gasteiger partial charge in [-0.05, 0) is 29.0 Å². The first kappa shape index (κ1) is 14.4. The van der Waals surface area contributed by atoms with Crippen molar-refractivity contribution in [3.63, 3.8) is 0 Å². The Labute approximate surface area is 137 Å². The lowest BCUT2D eigenvalue weighted by molar-refractivity contribution is -0.384. The van der Waals surface area contributed by atoms with Gasteiger partial charge < -0.3 is 4.74 Å². The van der Waals surface area contributed by atoms with Gasteiger partial charge in [0.1, 0.15) is 5.75 Å². The fourth-order valence-electron chi connectivity index (χ4n) is 3.10. The van der Waals surface area contributed by atoms with Crippen LogP contribution in [0.5, 0.6) is 5.75 Å². The molecule has 1 heterocycles. The highest BCUT2D eigenvalue weighted by molar-refractivity contribution is 6.01. The minimum absolute atomic E-state index is 0.0341. The third-order valence-electron chi connectivity index (χ3n) is 4.31. The van der Waals surface area contributed by atoms with Crippen molar-refractivity contribution in [2.75, 3.05) is 0 Å². The van der Waals surface area contributed by atoms with E-state index in [0.717, 1.165) is 22.1 Å². The number of hydrogen-bond acceptors (Lipinski definition) is 4. The van der Waals surface area contributed by atoms with Crippen LogP contribution in [0.1, 0.15) is 15.9 Å². The van der Waals surface area contributed by atoms with E-state index >= 15 is 0 Å². The summed E-state index contributed by atoms with van der Waals surface area (Å²) in [6.07, 6.45) is -0.0840. The van der Waals surface area contributed by atoms with E-state index in [2.05, 4.69) is 0 Å². The van der Waals surface area contributed by atoms with Gasteiger partial charge in [-0.3, -0.25) is 14.9 Å². The van der Waals surface area contributed by atoms with Crippen molar-refractivity contribution in [1.29, 1.82) is 0 Å². The standard InChI is InChI=1S/C19H13NO4/c21-19(13-5-8-14(9-6-13)20(22)23)18-11-16-15-4-2-1-3-12(15)7-10-17(16)24-18/h1-10,18H,11H2. The minimum Gasteiger partial charge on any atom is -0.482 e. The van der Waals surface area contributed by atoms with Crippen LogP contribution in [0.4, 0.5) is 5.69 Å². The number of rotatable bonds is 3. The number of nitro groups is 1. The zero-order valence-corrected chi connectivity index (χ0v) is 12.6. The van der Waals surface area contributed by atoms with Crippen molar-refractivity contribution in [1.82, 2.24) is 0 Å². The largest absolute Gasteiger partial charge is 0.482 e. The van der Waals surface area contributed by atoms with Crippen LogP contribution in [0, 0.1) is 10.1 Å². The number of fused-ring (bicyclic) bond motifs is 3. The summed E-state index contributed by atoms with van der Waals surface area (Å²) in [4.78, 5) is 22.9. The average Bonchev–Trinajstić information content (AvgIpc) is 3.06. The van der Waals surface area contributed by atoms with Gasteiger partial charge in [0, 0.05) is 29.7 Å². The van der Waals surface area contributed by atoms with Gasteiger partial charge in [0.2, 0.25) is 5.78 Å². The molecule has 0 bridgehead atoms. The second-order valence-corrected chi connectivity index (χ2v) is 5.74. The van der Waals surface area contributed by atoms with E-state index in [4.69, 9.17) is 4.74 Å². The van der Waals surface area contributed by atoms with Crippen LogP contribution < -0.4 is 4.74 Å². The molecule has 0 saturated carbocycles. The Morgan fingerprint density at radius 3 is 2.54 bits per heavy atom. The lowest BCUT2D eigenvalue weighted by Crippen LogP contribution is -2.25. The van der Waals surface area contributed by atoms with Gasteiger partial charge in [-0.25, -0.2) is 0 Å². The van der Waals surface area contributed by atoms with Gasteiger partial charge in [-0.1, -0.05) is 30.3 Å². The minimum atomic E-state index is -0.590. The molecule has 24 heavy (non-hydrogen) atoms. The second kappa shape index (κ2) is 5.45. The number of Topliss-reactive ketones (excluding diaryl/α,β-unsaturated/α-hetero) is 1. The van der Waals surface area contributed by atoms with Crippen LogP contribution in [0.25, 0.3) is 10.8 Å². The maximum absolute atomic E-state index is 12.6. The van der Waals surface area contributed by atoms with E-state index in [1.807, 2.05) is 36.4 Å². The summed E-state index contributed by atoms with van der Waals surface area (Å²) in [6.45, 7) is 0. The number of benzene rings is 3. The highest BCUT2D eigenvalue weighted by Gasteiger charge is 2.31. The van der Waals surface area contributed by atoms with E-state index in [0.29, 0.717) is 12.0 Å². The maximum Gasteiger partial charge on any atom is 0.269 e. The van der Waals surface area contributed by atoms with Crippen LogP contribution in [0.3, 0.4) is 0 Å². The summed E-state index contributed by atoms with van der Waals surface area (Å²) in [7, 11) is 0. The van der Waals surface area contributed by atoms with Crippen LogP contribution in [0.2, 0.25) is 0 Å². The summed E-state index contributed by atoms with van der Waals surface area (Å²) in [6, 6.07) is 17.5. The SMILES string of the molecule is O=C(c1ccc([N+](=O)[O-])cc1)C1Cc2c(ccc3ccccc23)O1. The molecule has 1 aliphatic heterocycles. The van der Waals surface area contributed by atoms with Crippen molar-refractivity contribution < 1.29 is 14.5 Å². The molecule has 0 radical (unpaired) electrons. The smallest absolute Gasteiger partial charge is 0.269 e. The molecular weight excluding hydrogens is 306 g/mol. The van der Waals surface area contributed by atoms with Crippen LogP contribution in [-0.4, -0.2) is 16.8 Å². The monoisotopic (exact) mass is 319 g/mol. The van der Waals surface area contributed by atoms with Gasteiger partial charge in [-0.15, -0.1) is 0 Å². The van der Waals surface area contributed by atoms with E-state index in [1.54, 1.807) is 0 Å². The van der Waals surface area contributed by atoms with Gasteiger partial charge in [0.25, 0.3) is 5.69 Å². The maximum atomic E-state index is 12.6. The van der Waals surface area contributed by atoms with E-state index in [9.17, 15) is 14.9 Å². The summed E-state index contributed by atoms with van der Waals surface area (Å²) in [5, 5.41) is 12.9. The van der Waals surface area contributed by atoms with Gasteiger partial charge >= 0.3 is 0 Å². The molecule has 3 aromatic rings. The number of carbonyl (C=O) groups is 1. The van der Waals surface area contributed by atoms with E-state index in [-0.39, 0.29) is 11.5 Å². The number of carbonyl (C=O) groups excluding carboxylic acids is 1. The van der Waals surface area contributed by atoms with Crippen molar-refractivity contribution in [3.8, 4) is 5.75 Å². The topological polar surface area (TPSA) is 69.4 Å². The third kappa shape index (κ3) is 2.31. The molecule has 0 aromatic heterocycles. The molecule has 0 spiro atoms. The van der Waals surface area contributed by atoms with E-state index < -0.39 is 11.0 Å². The fraction of sp³-hybridized carbons (Fsp3) is 0.105. The molecule has 0 saturated heterocycles. The van der Waals surface area contributed by atoms with Crippen LogP contribution >= 0.6 is 0 Å². The Bertz CT molecular complexity index is 963. The number of ketones is 1. The first-order chi connectivity index (χ1) is 11.6. The summed E-state index contributed by atoms with van der Waals surface area (Å²) >= 11 is 0. The molecule has 3 aromatic carbocycles. The molecule has 5 heteroatoms. The van der Waals surface area contributed by atoms with Gasteiger partial charge in [0.05, 0.1) is 4.92 Å². The Kier molecular flexibility index (Phi) is 3.27. The number of non-ortho nitro benzene ring substituents is 1. The molecule has 118 valence electrons. The second-order valence-electron chi connectivity index (χ2n) is 5.74. The predicted octanol–water partition coefficient (Wildman–Crippen LogP) is 3.93. The fourth-order valence-corrected chi connectivity index (χ4v) is 3.10. The zero-order chi connectivity index (χ0) is 16.7. The number of ether oxygens (including phenoxy) is 1. The van der Waals surface area contributed by atoms with Crippen molar-refractivity contribution >= 4 is 22.2 Å². The highest BCUT2D eigenvalue weighted by atomic mass is 16.6. The molecule has 1 atom stereocenters. The predicted molar refractivity (Wildman–Crippen MR) is 89.5 cm³/mol. The van der Waals surface area contributed by atoms with Crippen LogP contribution in [-0.2, 0) is 6.42 Å². The number of hydrogen-bond donors (Lipinski definition) is 0. The molecule has 0 amide bonds. The third-order valence-corrected chi connectivity index (χ3v) is 4.31. The molecule has 0 N–H and O–H groups in total. The first-order valence-electron chi connectivity index (χ1n) is 7.59. The molecule has 4 rings (SSSR count). The van der Waals surface area contributed by atoms with Crippen LogP contribution in [0.15, 0.2) is 60.7 Å². The molecule has 5 nitrogen and oxygen atoms in total. The van der Waals surface area contributed by atoms with Crippen molar-refractivity contribution in [2.24, 2.45) is 0 Å². The van der Waals surface area contributed by atoms with E-state index in [1.165, 1.54) is 24.3 Å². The highest BCUT2D eigenvalue weighted by Crippen LogP contribution is 2.36. The Morgan fingerprint density at radius 2 is 1.79 bits per heavy atom. The molecule has 1 aliphatic rings. The van der Waals surface area contributed by atoms with Crippen molar-refractivity contribution in [3.05, 3.63) is 81.9 Å². The molecule has 0 aliphatic carbocycles. The summed E-state index contributed by atoms with van der Waals surface area (Å²) in [5.74, 6) is 0.569. The van der Waals surface area contributed by atoms with Gasteiger partial charge in [0.15, 0.2) is 6.10 Å². The summed E-state index contributed by atoms with van der Waals surface area (Å²) in [5.41, 5.74) is 1.42. The first-order valence-corrected chi connectivity index (χ1v) is 7.59. The lowest BCUT2D eigenvalue weighted by Gasteiger charge is -2.09. The van der Waals surface area contributed by atoms with Gasteiger partial charge in [-0.2, -0.15) is 0 Å². The molecule has 0 fully saturated rings. The zero-order valence-electron chi connectivity index (χ0n) is 12.6. The quantitative estimate of drug-likeness (QED) is 0.416. The summed E-state index contributed by atoms with van der Waals surface area (Å²) < 4.78 is 5.83. The average molecular weight is 319 g/mol. The Hall–Kier alpha value is -3.21. The molecular formula is C19H13NO4. The number of nitro benzene ring substituents is 1. The Balaban J connectivity index is 1.63. The molecule has 1 unspecified atom stereocenters. The number of nitrogens with zero attached hydrogens (tertiary/aromatic N) is 1. The van der Waals surface area contributed by atoms with Crippen molar-refractivity contribution in [2.45, 2.75) is 12.5 Å².